The first-order chi connectivity index (χ1) is 13.6. The molecule has 1 heterocycles. The van der Waals surface area contributed by atoms with Crippen LogP contribution in [0.15, 0.2) is 48.7 Å². The van der Waals surface area contributed by atoms with E-state index in [4.69, 9.17) is 9.84 Å². The maximum absolute atomic E-state index is 11.0. The molecule has 0 radical (unpaired) electrons. The summed E-state index contributed by atoms with van der Waals surface area (Å²) < 4.78 is 8.59. The van der Waals surface area contributed by atoms with Gasteiger partial charge in [0.05, 0.1) is 6.10 Å². The molecule has 28 heavy (non-hydrogen) atoms. The van der Waals surface area contributed by atoms with Crippen molar-refractivity contribution >= 4 is 16.9 Å². The number of rotatable bonds is 7. The molecule has 0 spiro atoms. The Labute approximate surface area is 165 Å². The van der Waals surface area contributed by atoms with Crippen LogP contribution in [0.25, 0.3) is 22.0 Å². The van der Waals surface area contributed by atoms with Gasteiger partial charge >= 0.3 is 5.97 Å². The smallest absolute Gasteiger partial charge is 0.303 e. The number of carboxylic acids is 1. The van der Waals surface area contributed by atoms with E-state index in [9.17, 15) is 4.79 Å². The number of carbonyl (C=O) groups is 1. The minimum atomic E-state index is -0.768. The van der Waals surface area contributed by atoms with Gasteiger partial charge in [-0.15, -0.1) is 0 Å². The molecule has 1 aliphatic carbocycles. The number of aliphatic carboxylic acids is 1. The molecule has 0 aliphatic heterocycles. The topological polar surface area (TPSA) is 51.5 Å². The predicted octanol–water partition coefficient (Wildman–Crippen LogP) is 5.67. The van der Waals surface area contributed by atoms with Crippen LogP contribution in [0.3, 0.4) is 0 Å². The summed E-state index contributed by atoms with van der Waals surface area (Å²) in [6.45, 7) is 3.09. The fourth-order valence-corrected chi connectivity index (χ4v) is 4.14. The van der Waals surface area contributed by atoms with Crippen LogP contribution in [0.2, 0.25) is 0 Å². The zero-order valence-electron chi connectivity index (χ0n) is 16.4. The Morgan fingerprint density at radius 3 is 2.71 bits per heavy atom. The quantitative estimate of drug-likeness (QED) is 0.577. The van der Waals surface area contributed by atoms with Crippen molar-refractivity contribution < 1.29 is 14.6 Å². The third-order valence-corrected chi connectivity index (χ3v) is 5.69. The van der Waals surface area contributed by atoms with Gasteiger partial charge in [-0.1, -0.05) is 12.1 Å². The molecule has 4 rings (SSSR count). The molecule has 1 N–H and O–H groups in total. The van der Waals surface area contributed by atoms with Crippen LogP contribution in [0.4, 0.5) is 0 Å². The minimum Gasteiger partial charge on any atom is -0.490 e. The Bertz CT molecular complexity index is 983. The minimum absolute atomic E-state index is 0.140. The summed E-state index contributed by atoms with van der Waals surface area (Å²) in [4.78, 5) is 11.0. The van der Waals surface area contributed by atoms with Gasteiger partial charge in [-0.25, -0.2) is 0 Å². The number of hydrogen-bond donors (Lipinski definition) is 1. The lowest BCUT2D eigenvalue weighted by Crippen LogP contribution is -2.11. The highest BCUT2D eigenvalue weighted by molar-refractivity contribution is 5.87. The normalized spacial score (nSPS) is 14.6. The van der Waals surface area contributed by atoms with E-state index in [1.165, 1.54) is 23.7 Å². The van der Waals surface area contributed by atoms with E-state index in [1.807, 2.05) is 12.1 Å². The van der Waals surface area contributed by atoms with Crippen molar-refractivity contribution in [2.75, 3.05) is 0 Å². The third kappa shape index (κ3) is 3.91. The number of nitrogens with zero attached hydrogens (tertiary/aromatic N) is 1. The van der Waals surface area contributed by atoms with Crippen molar-refractivity contribution in [2.24, 2.45) is 0 Å². The highest BCUT2D eigenvalue weighted by Gasteiger charge is 2.19. The average Bonchev–Trinajstić information content (AvgIpc) is 3.36. The molecule has 4 heteroatoms. The predicted molar refractivity (Wildman–Crippen MR) is 112 cm³/mol. The van der Waals surface area contributed by atoms with E-state index in [0.29, 0.717) is 6.42 Å². The zero-order chi connectivity index (χ0) is 19.5. The van der Waals surface area contributed by atoms with Crippen LogP contribution in [-0.2, 0) is 17.8 Å². The van der Waals surface area contributed by atoms with Crippen molar-refractivity contribution in [2.45, 2.75) is 58.1 Å². The van der Waals surface area contributed by atoms with Crippen LogP contribution < -0.4 is 4.74 Å². The van der Waals surface area contributed by atoms with E-state index in [-0.39, 0.29) is 12.5 Å². The van der Waals surface area contributed by atoms with Crippen LogP contribution in [0, 0.1) is 0 Å². The van der Waals surface area contributed by atoms with E-state index < -0.39 is 5.97 Å². The molecule has 0 bridgehead atoms. The number of carboxylic acid groups (broad SMARTS) is 1. The van der Waals surface area contributed by atoms with E-state index in [0.717, 1.165) is 41.8 Å². The number of hydrogen-bond acceptors (Lipinski definition) is 2. The maximum Gasteiger partial charge on any atom is 0.303 e. The monoisotopic (exact) mass is 377 g/mol. The maximum atomic E-state index is 11.0. The van der Waals surface area contributed by atoms with Crippen molar-refractivity contribution in [1.29, 1.82) is 0 Å². The van der Waals surface area contributed by atoms with E-state index in [1.54, 1.807) is 0 Å². The molecule has 0 amide bonds. The molecule has 2 aromatic carbocycles. The zero-order valence-corrected chi connectivity index (χ0v) is 16.4. The molecule has 0 unspecified atom stereocenters. The fraction of sp³-hybridized carbons (Fsp3) is 0.375. The van der Waals surface area contributed by atoms with Crippen molar-refractivity contribution in [3.63, 3.8) is 0 Å². The SMILES string of the molecule is CCn1ccc2cc(-c3cc(CCC(=O)O)ccc3OC3CCCC3)ccc21. The summed E-state index contributed by atoms with van der Waals surface area (Å²) in [7, 11) is 0. The second-order valence-corrected chi connectivity index (χ2v) is 7.62. The molecule has 1 aromatic heterocycles. The van der Waals surface area contributed by atoms with Gasteiger partial charge in [0, 0.05) is 35.6 Å². The Balaban J connectivity index is 1.72. The Morgan fingerprint density at radius 1 is 1.14 bits per heavy atom. The average molecular weight is 377 g/mol. The molecule has 146 valence electrons. The first-order valence-corrected chi connectivity index (χ1v) is 10.2. The first-order valence-electron chi connectivity index (χ1n) is 10.2. The van der Waals surface area contributed by atoms with Crippen molar-refractivity contribution in [3.8, 4) is 16.9 Å². The van der Waals surface area contributed by atoms with E-state index >= 15 is 0 Å². The molecule has 1 saturated carbocycles. The van der Waals surface area contributed by atoms with Crippen LogP contribution in [0.1, 0.15) is 44.6 Å². The molecular formula is C24H27NO3. The van der Waals surface area contributed by atoms with Crippen LogP contribution in [0.5, 0.6) is 5.75 Å². The molecule has 1 fully saturated rings. The van der Waals surface area contributed by atoms with E-state index in [2.05, 4.69) is 48.0 Å². The fourth-order valence-electron chi connectivity index (χ4n) is 4.14. The van der Waals surface area contributed by atoms with Gasteiger partial charge in [0.2, 0.25) is 0 Å². The van der Waals surface area contributed by atoms with Crippen LogP contribution in [-0.4, -0.2) is 21.7 Å². The first kappa shape index (κ1) is 18.6. The van der Waals surface area contributed by atoms with Gasteiger partial charge in [-0.05, 0) is 80.5 Å². The highest BCUT2D eigenvalue weighted by Crippen LogP contribution is 2.36. The molecular weight excluding hydrogens is 350 g/mol. The van der Waals surface area contributed by atoms with Gasteiger partial charge in [-0.3, -0.25) is 4.79 Å². The second-order valence-electron chi connectivity index (χ2n) is 7.62. The van der Waals surface area contributed by atoms with Crippen molar-refractivity contribution in [3.05, 3.63) is 54.2 Å². The lowest BCUT2D eigenvalue weighted by molar-refractivity contribution is -0.136. The van der Waals surface area contributed by atoms with Gasteiger partial charge in [0.15, 0.2) is 0 Å². The second kappa shape index (κ2) is 8.09. The highest BCUT2D eigenvalue weighted by atomic mass is 16.5. The molecule has 4 nitrogen and oxygen atoms in total. The van der Waals surface area contributed by atoms with Crippen molar-refractivity contribution in [1.82, 2.24) is 4.57 Å². The Morgan fingerprint density at radius 2 is 1.96 bits per heavy atom. The Hall–Kier alpha value is -2.75. The number of aryl methyl sites for hydroxylation is 2. The molecule has 0 atom stereocenters. The summed E-state index contributed by atoms with van der Waals surface area (Å²) in [5.74, 6) is 0.135. The number of aromatic nitrogens is 1. The summed E-state index contributed by atoms with van der Waals surface area (Å²) >= 11 is 0. The van der Waals surface area contributed by atoms with Gasteiger partial charge in [-0.2, -0.15) is 0 Å². The lowest BCUT2D eigenvalue weighted by atomic mass is 9.98. The third-order valence-electron chi connectivity index (χ3n) is 5.69. The van der Waals surface area contributed by atoms with Gasteiger partial charge < -0.3 is 14.4 Å². The summed E-state index contributed by atoms with van der Waals surface area (Å²) in [5.41, 5.74) is 4.43. The van der Waals surface area contributed by atoms with Crippen LogP contribution >= 0.6 is 0 Å². The largest absolute Gasteiger partial charge is 0.490 e. The summed E-state index contributed by atoms with van der Waals surface area (Å²) in [5, 5.41) is 10.2. The van der Waals surface area contributed by atoms with Gasteiger partial charge in [0.1, 0.15) is 5.75 Å². The molecule has 0 saturated heterocycles. The molecule has 1 aliphatic rings. The summed E-state index contributed by atoms with van der Waals surface area (Å²) in [6, 6.07) is 14.8. The number of fused-ring (bicyclic) bond motifs is 1. The number of benzene rings is 2. The van der Waals surface area contributed by atoms with Gasteiger partial charge in [0.25, 0.3) is 0 Å². The summed E-state index contributed by atoms with van der Waals surface area (Å²) in [6.07, 6.45) is 7.75. The number of ether oxygens (including phenoxy) is 1. The lowest BCUT2D eigenvalue weighted by Gasteiger charge is -2.18. The molecule has 3 aromatic rings. The standard InChI is InChI=1S/C24H27NO3/c1-2-25-14-13-19-16-18(9-10-22(19)25)21-15-17(8-12-24(26)27)7-11-23(21)28-20-5-3-4-6-20/h7,9-11,13-16,20H,2-6,8,12H2,1H3,(H,26,27). The Kier molecular flexibility index (Phi) is 5.38.